The van der Waals surface area contributed by atoms with Gasteiger partial charge in [-0.2, -0.15) is 0 Å². The molecule has 4 atom stereocenters. The van der Waals surface area contributed by atoms with E-state index in [2.05, 4.69) is 20.8 Å². The maximum Gasteiger partial charge on any atom is 0.0614 e. The van der Waals surface area contributed by atoms with Crippen LogP contribution in [0.1, 0.15) is 59.3 Å². The average Bonchev–Trinajstić information content (AvgIpc) is 2.79. The Morgan fingerprint density at radius 1 is 1.29 bits per heavy atom. The predicted molar refractivity (Wildman–Crippen MR) is 59.3 cm³/mol. The molecule has 2 fully saturated rings. The summed E-state index contributed by atoms with van der Waals surface area (Å²) in [5.74, 6) is 0.853. The first kappa shape index (κ1) is 10.5. The first-order chi connectivity index (χ1) is 6.69. The summed E-state index contributed by atoms with van der Waals surface area (Å²) in [6.07, 6.45) is 9.23. The molecule has 0 saturated carbocycles. The van der Waals surface area contributed by atoms with Gasteiger partial charge in [0.15, 0.2) is 0 Å². The Labute approximate surface area is 88.2 Å². The van der Waals surface area contributed by atoms with E-state index in [1.54, 1.807) is 0 Å². The summed E-state index contributed by atoms with van der Waals surface area (Å²) >= 11 is 0. The fourth-order valence-corrected chi connectivity index (χ4v) is 3.57. The number of fused-ring (bicyclic) bond motifs is 2. The van der Waals surface area contributed by atoms with Gasteiger partial charge in [0.25, 0.3) is 0 Å². The van der Waals surface area contributed by atoms with Crippen molar-refractivity contribution in [2.75, 3.05) is 0 Å². The molecule has 2 saturated heterocycles. The first-order valence-corrected chi connectivity index (χ1v) is 6.35. The van der Waals surface area contributed by atoms with Crippen LogP contribution in [-0.4, -0.2) is 12.2 Å². The van der Waals surface area contributed by atoms with Crippen LogP contribution >= 0.6 is 0 Å². The van der Waals surface area contributed by atoms with Gasteiger partial charge < -0.3 is 4.74 Å². The van der Waals surface area contributed by atoms with Crippen molar-refractivity contribution in [1.82, 2.24) is 0 Å². The SMILES string of the molecule is CCC[C@](C)(CC)C1CC2CCC1O2. The van der Waals surface area contributed by atoms with Gasteiger partial charge in [-0.15, -0.1) is 0 Å². The van der Waals surface area contributed by atoms with Crippen molar-refractivity contribution < 1.29 is 4.74 Å². The Morgan fingerprint density at radius 3 is 2.50 bits per heavy atom. The minimum atomic E-state index is 0.550. The second-order valence-electron chi connectivity index (χ2n) is 5.47. The van der Waals surface area contributed by atoms with Crippen LogP contribution < -0.4 is 0 Å². The van der Waals surface area contributed by atoms with Crippen molar-refractivity contribution in [1.29, 1.82) is 0 Å². The molecule has 2 aliphatic rings. The van der Waals surface area contributed by atoms with Crippen LogP contribution in [0, 0.1) is 11.3 Å². The van der Waals surface area contributed by atoms with Crippen LogP contribution in [0.2, 0.25) is 0 Å². The molecule has 0 N–H and O–H groups in total. The molecule has 0 aliphatic carbocycles. The molecule has 82 valence electrons. The molecule has 2 heterocycles. The molecule has 2 aliphatic heterocycles. The zero-order valence-corrected chi connectivity index (χ0v) is 9.88. The van der Waals surface area contributed by atoms with Crippen molar-refractivity contribution in [2.24, 2.45) is 11.3 Å². The Morgan fingerprint density at radius 2 is 2.07 bits per heavy atom. The fourth-order valence-electron chi connectivity index (χ4n) is 3.57. The molecule has 0 amide bonds. The standard InChI is InChI=1S/C13H24O/c1-4-8-13(3,5-2)11-9-10-6-7-12(11)14-10/h10-12H,4-9H2,1-3H3/t10?,11?,12?,13-/m0/s1. The van der Waals surface area contributed by atoms with Crippen molar-refractivity contribution in [2.45, 2.75) is 71.5 Å². The summed E-state index contributed by atoms with van der Waals surface area (Å²) in [4.78, 5) is 0. The van der Waals surface area contributed by atoms with Crippen molar-refractivity contribution in [3.63, 3.8) is 0 Å². The van der Waals surface area contributed by atoms with Gasteiger partial charge in [0.2, 0.25) is 0 Å². The highest BCUT2D eigenvalue weighted by molar-refractivity contribution is 4.97. The Bertz CT molecular complexity index is 201. The van der Waals surface area contributed by atoms with Crippen LogP contribution in [-0.2, 0) is 4.74 Å². The summed E-state index contributed by atoms with van der Waals surface area (Å²) in [6.45, 7) is 7.13. The van der Waals surface area contributed by atoms with Gasteiger partial charge in [-0.05, 0) is 37.0 Å². The molecule has 0 radical (unpaired) electrons. The predicted octanol–water partition coefficient (Wildman–Crippen LogP) is 3.77. The van der Waals surface area contributed by atoms with Crippen LogP contribution in [0.15, 0.2) is 0 Å². The molecule has 0 spiro atoms. The van der Waals surface area contributed by atoms with Gasteiger partial charge in [0, 0.05) is 0 Å². The molecule has 1 heteroatoms. The lowest BCUT2D eigenvalue weighted by molar-refractivity contribution is 0.0507. The van der Waals surface area contributed by atoms with E-state index in [-0.39, 0.29) is 0 Å². The summed E-state index contributed by atoms with van der Waals surface area (Å²) in [7, 11) is 0. The summed E-state index contributed by atoms with van der Waals surface area (Å²) < 4.78 is 5.98. The molecular formula is C13H24O. The van der Waals surface area contributed by atoms with Crippen LogP contribution in [0.3, 0.4) is 0 Å². The van der Waals surface area contributed by atoms with Crippen molar-refractivity contribution >= 4 is 0 Å². The molecular weight excluding hydrogens is 172 g/mol. The second-order valence-corrected chi connectivity index (χ2v) is 5.47. The third-order valence-corrected chi connectivity index (χ3v) is 4.63. The van der Waals surface area contributed by atoms with Crippen LogP contribution in [0.5, 0.6) is 0 Å². The Hall–Kier alpha value is -0.0400. The molecule has 3 unspecified atom stereocenters. The molecule has 1 nitrogen and oxygen atoms in total. The largest absolute Gasteiger partial charge is 0.375 e. The second kappa shape index (κ2) is 3.84. The highest BCUT2D eigenvalue weighted by Crippen LogP contribution is 2.50. The van der Waals surface area contributed by atoms with Gasteiger partial charge in [-0.25, -0.2) is 0 Å². The van der Waals surface area contributed by atoms with E-state index in [1.807, 2.05) is 0 Å². The lowest BCUT2D eigenvalue weighted by atomic mass is 9.66. The van der Waals surface area contributed by atoms with Gasteiger partial charge in [0.05, 0.1) is 12.2 Å². The maximum atomic E-state index is 5.98. The molecule has 2 bridgehead atoms. The number of hydrogen-bond acceptors (Lipinski definition) is 1. The monoisotopic (exact) mass is 196 g/mol. The summed E-state index contributed by atoms with van der Waals surface area (Å²) in [5, 5.41) is 0. The molecule has 0 aromatic rings. The number of hydrogen-bond donors (Lipinski definition) is 0. The third-order valence-electron chi connectivity index (χ3n) is 4.63. The van der Waals surface area contributed by atoms with Gasteiger partial charge in [-0.3, -0.25) is 0 Å². The summed E-state index contributed by atoms with van der Waals surface area (Å²) in [6, 6.07) is 0. The zero-order chi connectivity index (χ0) is 10.2. The third kappa shape index (κ3) is 1.60. The van der Waals surface area contributed by atoms with Crippen molar-refractivity contribution in [3.05, 3.63) is 0 Å². The topological polar surface area (TPSA) is 9.23 Å². The normalized spacial score (nSPS) is 40.1. The highest BCUT2D eigenvalue weighted by atomic mass is 16.5. The van der Waals surface area contributed by atoms with Crippen molar-refractivity contribution in [3.8, 4) is 0 Å². The summed E-state index contributed by atoms with van der Waals surface area (Å²) in [5.41, 5.74) is 0.550. The van der Waals surface area contributed by atoms with E-state index in [0.717, 1.165) is 5.92 Å². The van der Waals surface area contributed by atoms with Crippen LogP contribution in [0.25, 0.3) is 0 Å². The van der Waals surface area contributed by atoms with E-state index >= 15 is 0 Å². The first-order valence-electron chi connectivity index (χ1n) is 6.35. The average molecular weight is 196 g/mol. The Kier molecular flexibility index (Phi) is 2.88. The maximum absolute atomic E-state index is 5.98. The quantitative estimate of drug-likeness (QED) is 0.665. The minimum absolute atomic E-state index is 0.550. The molecule has 14 heavy (non-hydrogen) atoms. The van der Waals surface area contributed by atoms with Gasteiger partial charge in [0.1, 0.15) is 0 Å². The lowest BCUT2D eigenvalue weighted by Gasteiger charge is -2.38. The number of rotatable bonds is 4. The van der Waals surface area contributed by atoms with E-state index in [0.29, 0.717) is 17.6 Å². The fraction of sp³-hybridized carbons (Fsp3) is 1.00. The minimum Gasteiger partial charge on any atom is -0.375 e. The molecule has 0 aromatic carbocycles. The van der Waals surface area contributed by atoms with E-state index in [4.69, 9.17) is 4.74 Å². The number of ether oxygens (including phenoxy) is 1. The zero-order valence-electron chi connectivity index (χ0n) is 9.88. The van der Waals surface area contributed by atoms with Crippen LogP contribution in [0.4, 0.5) is 0 Å². The van der Waals surface area contributed by atoms with Gasteiger partial charge in [-0.1, -0.05) is 33.6 Å². The van der Waals surface area contributed by atoms with E-state index in [1.165, 1.54) is 38.5 Å². The molecule has 0 aromatic heterocycles. The van der Waals surface area contributed by atoms with E-state index in [9.17, 15) is 0 Å². The Balaban J connectivity index is 2.05. The smallest absolute Gasteiger partial charge is 0.0614 e. The van der Waals surface area contributed by atoms with Gasteiger partial charge >= 0.3 is 0 Å². The highest BCUT2D eigenvalue weighted by Gasteiger charge is 2.48. The molecule has 2 rings (SSSR count). The lowest BCUT2D eigenvalue weighted by Crippen LogP contribution is -2.33. The van der Waals surface area contributed by atoms with E-state index < -0.39 is 0 Å².